The van der Waals surface area contributed by atoms with E-state index in [0.717, 1.165) is 34.0 Å². The summed E-state index contributed by atoms with van der Waals surface area (Å²) in [5, 5.41) is 4.55. The van der Waals surface area contributed by atoms with Crippen LogP contribution in [0.4, 0.5) is 11.6 Å². The minimum Gasteiger partial charge on any atom is -0.383 e. The first-order valence-corrected chi connectivity index (χ1v) is 8.70. The maximum Gasteiger partial charge on any atom is 0.228 e. The molecule has 2 atom stereocenters. The second kappa shape index (κ2) is 6.38. The van der Waals surface area contributed by atoms with Crippen LogP contribution in [0.2, 0.25) is 0 Å². The predicted molar refractivity (Wildman–Crippen MR) is 103 cm³/mol. The van der Waals surface area contributed by atoms with Crippen LogP contribution in [0, 0.1) is 18.8 Å². The topological polar surface area (TPSA) is 107 Å². The molecular formula is C20H21N5O. The molecule has 2 aromatic heterocycles. The number of nitrogens with two attached hydrogens (primary N) is 2. The molecule has 1 amide bonds. The van der Waals surface area contributed by atoms with Crippen LogP contribution >= 0.6 is 0 Å². The summed E-state index contributed by atoms with van der Waals surface area (Å²) in [5.74, 6) is 1.22. The van der Waals surface area contributed by atoms with Crippen molar-refractivity contribution in [1.82, 2.24) is 9.97 Å². The van der Waals surface area contributed by atoms with E-state index in [2.05, 4.69) is 15.3 Å². The minimum atomic E-state index is -0.0199. The van der Waals surface area contributed by atoms with E-state index < -0.39 is 0 Å². The van der Waals surface area contributed by atoms with Crippen molar-refractivity contribution < 1.29 is 4.79 Å². The fourth-order valence-corrected chi connectivity index (χ4v) is 3.29. The SMILES string of the molecule is Cc1ccccc1-c1cc2cc(NC(=O)C3C[C@@H]3CN)ncc2c(N)n1. The van der Waals surface area contributed by atoms with E-state index in [1.807, 2.05) is 43.3 Å². The van der Waals surface area contributed by atoms with Gasteiger partial charge in [0.2, 0.25) is 5.91 Å². The van der Waals surface area contributed by atoms with Gasteiger partial charge in [0, 0.05) is 23.1 Å². The number of benzene rings is 1. The highest BCUT2D eigenvalue weighted by Gasteiger charge is 2.41. The lowest BCUT2D eigenvalue weighted by Crippen LogP contribution is -2.17. The summed E-state index contributed by atoms with van der Waals surface area (Å²) in [6, 6.07) is 11.9. The number of nitrogen functional groups attached to an aromatic ring is 1. The highest BCUT2D eigenvalue weighted by molar-refractivity contribution is 5.98. The monoisotopic (exact) mass is 347 g/mol. The van der Waals surface area contributed by atoms with E-state index >= 15 is 0 Å². The molecule has 4 rings (SSSR count). The molecule has 0 radical (unpaired) electrons. The van der Waals surface area contributed by atoms with Crippen molar-refractivity contribution in [3.8, 4) is 11.3 Å². The lowest BCUT2D eigenvalue weighted by Gasteiger charge is -2.10. The van der Waals surface area contributed by atoms with E-state index in [-0.39, 0.29) is 11.8 Å². The summed E-state index contributed by atoms with van der Waals surface area (Å²) in [5.41, 5.74) is 14.7. The molecule has 0 aliphatic heterocycles. The molecule has 26 heavy (non-hydrogen) atoms. The normalized spacial score (nSPS) is 18.7. The van der Waals surface area contributed by atoms with Crippen LogP contribution in [-0.4, -0.2) is 22.4 Å². The molecule has 1 aliphatic rings. The fraction of sp³-hybridized carbons (Fsp3) is 0.250. The van der Waals surface area contributed by atoms with Gasteiger partial charge in [0.15, 0.2) is 0 Å². The Hall–Kier alpha value is -2.99. The zero-order valence-corrected chi connectivity index (χ0v) is 14.6. The zero-order valence-electron chi connectivity index (χ0n) is 14.6. The Balaban J connectivity index is 1.68. The number of fused-ring (bicyclic) bond motifs is 1. The first-order chi connectivity index (χ1) is 12.6. The van der Waals surface area contributed by atoms with Crippen LogP contribution in [0.5, 0.6) is 0 Å². The number of nitrogens with one attached hydrogen (secondary N) is 1. The third-order valence-electron chi connectivity index (χ3n) is 4.98. The van der Waals surface area contributed by atoms with Crippen molar-refractivity contribution in [1.29, 1.82) is 0 Å². The van der Waals surface area contributed by atoms with Gasteiger partial charge in [0.1, 0.15) is 11.6 Å². The Labute approximate surface area is 151 Å². The van der Waals surface area contributed by atoms with Gasteiger partial charge in [-0.2, -0.15) is 0 Å². The smallest absolute Gasteiger partial charge is 0.228 e. The summed E-state index contributed by atoms with van der Waals surface area (Å²) >= 11 is 0. The summed E-state index contributed by atoms with van der Waals surface area (Å²) in [6.45, 7) is 2.59. The van der Waals surface area contributed by atoms with Gasteiger partial charge in [0.05, 0.1) is 5.69 Å². The van der Waals surface area contributed by atoms with Crippen molar-refractivity contribution in [2.24, 2.45) is 17.6 Å². The van der Waals surface area contributed by atoms with Gasteiger partial charge in [-0.25, -0.2) is 9.97 Å². The molecule has 0 saturated heterocycles. The zero-order chi connectivity index (χ0) is 18.3. The molecule has 0 bridgehead atoms. The summed E-state index contributed by atoms with van der Waals surface area (Å²) in [6.07, 6.45) is 2.51. The van der Waals surface area contributed by atoms with Crippen LogP contribution < -0.4 is 16.8 Å². The molecule has 1 aliphatic carbocycles. The Bertz CT molecular complexity index is 1000. The van der Waals surface area contributed by atoms with E-state index in [4.69, 9.17) is 11.5 Å². The molecule has 1 saturated carbocycles. The molecule has 0 spiro atoms. The van der Waals surface area contributed by atoms with Crippen molar-refractivity contribution in [3.63, 3.8) is 0 Å². The summed E-state index contributed by atoms with van der Waals surface area (Å²) in [7, 11) is 0. The number of carbonyl (C=O) groups is 1. The second-order valence-electron chi connectivity index (χ2n) is 6.83. The highest BCUT2D eigenvalue weighted by atomic mass is 16.2. The van der Waals surface area contributed by atoms with E-state index in [9.17, 15) is 4.79 Å². The average Bonchev–Trinajstić information content (AvgIpc) is 3.42. The third-order valence-corrected chi connectivity index (χ3v) is 4.98. The van der Waals surface area contributed by atoms with Crippen LogP contribution in [-0.2, 0) is 4.79 Å². The van der Waals surface area contributed by atoms with Crippen molar-refractivity contribution >= 4 is 28.3 Å². The van der Waals surface area contributed by atoms with Gasteiger partial charge in [0.25, 0.3) is 0 Å². The second-order valence-corrected chi connectivity index (χ2v) is 6.83. The van der Waals surface area contributed by atoms with Crippen molar-refractivity contribution in [3.05, 3.63) is 48.2 Å². The quantitative estimate of drug-likeness (QED) is 0.673. The van der Waals surface area contributed by atoms with Crippen LogP contribution in [0.3, 0.4) is 0 Å². The molecule has 1 unspecified atom stereocenters. The van der Waals surface area contributed by atoms with Crippen LogP contribution in [0.1, 0.15) is 12.0 Å². The number of aromatic nitrogens is 2. The maximum absolute atomic E-state index is 12.2. The van der Waals surface area contributed by atoms with Gasteiger partial charge < -0.3 is 16.8 Å². The minimum absolute atomic E-state index is 0.00235. The van der Waals surface area contributed by atoms with E-state index in [1.165, 1.54) is 0 Å². The fourth-order valence-electron chi connectivity index (χ4n) is 3.29. The lowest BCUT2D eigenvalue weighted by atomic mass is 10.0. The molecule has 132 valence electrons. The Kier molecular flexibility index (Phi) is 4.05. The van der Waals surface area contributed by atoms with Gasteiger partial charge in [-0.05, 0) is 48.9 Å². The standard InChI is InChI=1S/C20H21N5O/c1-11-4-2-3-5-14(11)17-7-12-8-18(23-10-16(12)19(22)24-17)25-20(26)15-6-13(15)9-21/h2-5,7-8,10,13,15H,6,9,21H2,1H3,(H2,22,24)(H,23,25,26)/t13-,15?/m1/s1. The average molecular weight is 347 g/mol. The van der Waals surface area contributed by atoms with Gasteiger partial charge in [-0.3, -0.25) is 4.79 Å². The number of hydrogen-bond acceptors (Lipinski definition) is 5. The molecule has 5 N–H and O–H groups in total. The molecule has 6 heteroatoms. The highest BCUT2D eigenvalue weighted by Crippen LogP contribution is 2.38. The lowest BCUT2D eigenvalue weighted by molar-refractivity contribution is -0.117. The van der Waals surface area contributed by atoms with Crippen molar-refractivity contribution in [2.45, 2.75) is 13.3 Å². The van der Waals surface area contributed by atoms with Gasteiger partial charge in [-0.1, -0.05) is 24.3 Å². The molecule has 3 aromatic rings. The number of hydrogen-bond donors (Lipinski definition) is 3. The third kappa shape index (κ3) is 2.99. The van der Waals surface area contributed by atoms with Crippen LogP contribution in [0.15, 0.2) is 42.6 Å². The first kappa shape index (κ1) is 16.5. The molecule has 1 aromatic carbocycles. The summed E-state index contributed by atoms with van der Waals surface area (Å²) in [4.78, 5) is 21.1. The summed E-state index contributed by atoms with van der Waals surface area (Å²) < 4.78 is 0. The number of anilines is 2. The number of rotatable bonds is 4. The Morgan fingerprint density at radius 1 is 1.31 bits per heavy atom. The van der Waals surface area contributed by atoms with Gasteiger partial charge in [-0.15, -0.1) is 0 Å². The van der Waals surface area contributed by atoms with Crippen LogP contribution in [0.25, 0.3) is 22.0 Å². The molecule has 2 heterocycles. The van der Waals surface area contributed by atoms with Gasteiger partial charge >= 0.3 is 0 Å². The molecular weight excluding hydrogens is 326 g/mol. The largest absolute Gasteiger partial charge is 0.383 e. The number of amides is 1. The Morgan fingerprint density at radius 2 is 2.12 bits per heavy atom. The number of carbonyl (C=O) groups excluding carboxylic acids is 1. The number of aryl methyl sites for hydroxylation is 1. The molecule has 6 nitrogen and oxygen atoms in total. The Morgan fingerprint density at radius 3 is 2.85 bits per heavy atom. The number of nitrogens with zero attached hydrogens (tertiary/aromatic N) is 2. The maximum atomic E-state index is 12.2. The predicted octanol–water partition coefficient (Wildman–Crippen LogP) is 2.72. The van der Waals surface area contributed by atoms with E-state index in [0.29, 0.717) is 24.1 Å². The first-order valence-electron chi connectivity index (χ1n) is 8.70. The van der Waals surface area contributed by atoms with E-state index in [1.54, 1.807) is 6.20 Å². The molecule has 1 fully saturated rings. The number of pyridine rings is 2. The van der Waals surface area contributed by atoms with Crippen molar-refractivity contribution in [2.75, 3.05) is 17.6 Å².